The van der Waals surface area contributed by atoms with Crippen molar-refractivity contribution in [2.45, 2.75) is 38.6 Å². The fourth-order valence-corrected chi connectivity index (χ4v) is 4.64. The normalized spacial score (nSPS) is 22.8. The summed E-state index contributed by atoms with van der Waals surface area (Å²) in [6, 6.07) is 13.5. The number of halogens is 1. The van der Waals surface area contributed by atoms with E-state index in [1.54, 1.807) is 13.0 Å². The van der Waals surface area contributed by atoms with Crippen molar-refractivity contribution in [2.24, 2.45) is 11.7 Å². The molecular formula is C22H25FN2OS. The fraction of sp³-hybridized carbons (Fsp3) is 0.318. The number of ketones is 1. The highest BCUT2D eigenvalue weighted by atomic mass is 32.1. The minimum absolute atomic E-state index is 0.0374. The summed E-state index contributed by atoms with van der Waals surface area (Å²) >= 11 is 1.49. The van der Waals surface area contributed by atoms with Crippen LogP contribution in [0.4, 0.5) is 4.39 Å². The molecule has 1 aliphatic rings. The third-order valence-corrected chi connectivity index (χ3v) is 6.11. The van der Waals surface area contributed by atoms with Crippen LogP contribution in [-0.4, -0.2) is 18.1 Å². The Morgan fingerprint density at radius 1 is 1.26 bits per heavy atom. The van der Waals surface area contributed by atoms with Gasteiger partial charge in [0.25, 0.3) is 0 Å². The summed E-state index contributed by atoms with van der Waals surface area (Å²) in [6.45, 7) is 5.24. The Kier molecular flexibility index (Phi) is 5.75. The zero-order chi connectivity index (χ0) is 19.6. The van der Waals surface area contributed by atoms with Gasteiger partial charge in [0.15, 0.2) is 5.78 Å². The lowest BCUT2D eigenvalue weighted by Crippen LogP contribution is -2.54. The van der Waals surface area contributed by atoms with Crippen LogP contribution in [0.5, 0.6) is 0 Å². The number of carbonyl (C=O) groups excluding carboxylic acids is 1. The third-order valence-electron chi connectivity index (χ3n) is 4.86. The van der Waals surface area contributed by atoms with Gasteiger partial charge in [-0.1, -0.05) is 49.4 Å². The Morgan fingerprint density at radius 3 is 2.56 bits per heavy atom. The fourth-order valence-electron chi connectivity index (χ4n) is 3.40. The summed E-state index contributed by atoms with van der Waals surface area (Å²) in [5, 5.41) is 3.28. The van der Waals surface area contributed by atoms with E-state index in [1.165, 1.54) is 11.3 Å². The molecule has 2 aromatic rings. The number of hydrogen-bond acceptors (Lipinski definition) is 4. The second kappa shape index (κ2) is 7.89. The first-order chi connectivity index (χ1) is 12.8. The standard InChI is InChI=1S/C22H25FN2OS/c1-14-9-10-17(13-19(14)23)20-11-12-21(27-20)22(15(2)26,25-16(3)24)18-7-5-4-6-8-18/h4-14,16,19,25H,24H2,1-3H3. The first kappa shape index (κ1) is 19.7. The van der Waals surface area contributed by atoms with E-state index in [2.05, 4.69) is 5.32 Å². The van der Waals surface area contributed by atoms with Gasteiger partial charge >= 0.3 is 0 Å². The molecule has 0 saturated heterocycles. The molecule has 0 fully saturated rings. The number of hydrogen-bond donors (Lipinski definition) is 2. The average molecular weight is 385 g/mol. The van der Waals surface area contributed by atoms with E-state index in [9.17, 15) is 9.18 Å². The largest absolute Gasteiger partial charge is 0.316 e. The zero-order valence-corrected chi connectivity index (χ0v) is 16.6. The number of alkyl halides is 1. The number of carbonyl (C=O) groups is 1. The average Bonchev–Trinajstić information content (AvgIpc) is 3.12. The summed E-state index contributed by atoms with van der Waals surface area (Å²) < 4.78 is 14.1. The van der Waals surface area contributed by atoms with Gasteiger partial charge in [0, 0.05) is 15.7 Å². The van der Waals surface area contributed by atoms with Gasteiger partial charge in [0.2, 0.25) is 0 Å². The molecule has 3 rings (SSSR count). The lowest BCUT2D eigenvalue weighted by Gasteiger charge is -2.34. The number of nitrogens with one attached hydrogen (secondary N) is 1. The molecule has 4 atom stereocenters. The molecule has 0 bridgehead atoms. The first-order valence-electron chi connectivity index (χ1n) is 9.09. The van der Waals surface area contributed by atoms with Crippen LogP contribution < -0.4 is 11.1 Å². The van der Waals surface area contributed by atoms with Gasteiger partial charge in [-0.15, -0.1) is 11.3 Å². The van der Waals surface area contributed by atoms with Crippen LogP contribution in [0.1, 0.15) is 36.1 Å². The molecule has 1 aliphatic carbocycles. The zero-order valence-electron chi connectivity index (χ0n) is 15.8. The Morgan fingerprint density at radius 2 is 1.96 bits per heavy atom. The van der Waals surface area contributed by atoms with E-state index in [1.807, 2.05) is 68.5 Å². The van der Waals surface area contributed by atoms with Crippen LogP contribution in [0.25, 0.3) is 5.57 Å². The van der Waals surface area contributed by atoms with Gasteiger partial charge in [-0.3, -0.25) is 10.1 Å². The van der Waals surface area contributed by atoms with Gasteiger partial charge in [-0.25, -0.2) is 4.39 Å². The summed E-state index contributed by atoms with van der Waals surface area (Å²) in [5.41, 5.74) is 6.71. The maximum atomic E-state index is 14.1. The second-order valence-corrected chi connectivity index (χ2v) is 8.14. The first-order valence-corrected chi connectivity index (χ1v) is 9.91. The number of nitrogens with two attached hydrogens (primary N) is 1. The van der Waals surface area contributed by atoms with E-state index < -0.39 is 11.7 Å². The van der Waals surface area contributed by atoms with Crippen LogP contribution in [0.2, 0.25) is 0 Å². The maximum absolute atomic E-state index is 14.1. The van der Waals surface area contributed by atoms with Crippen molar-refractivity contribution in [3.05, 3.63) is 76.0 Å². The van der Waals surface area contributed by atoms with Crippen LogP contribution >= 0.6 is 11.3 Å². The predicted molar refractivity (Wildman–Crippen MR) is 110 cm³/mol. The number of rotatable bonds is 6. The van der Waals surface area contributed by atoms with Crippen molar-refractivity contribution >= 4 is 22.7 Å². The summed E-state index contributed by atoms with van der Waals surface area (Å²) in [7, 11) is 0. The van der Waals surface area contributed by atoms with E-state index in [4.69, 9.17) is 5.73 Å². The maximum Gasteiger partial charge on any atom is 0.159 e. The molecule has 4 unspecified atom stereocenters. The molecule has 1 aromatic carbocycles. The van der Waals surface area contributed by atoms with E-state index in [0.717, 1.165) is 20.9 Å². The van der Waals surface area contributed by atoms with Gasteiger partial charge in [-0.2, -0.15) is 0 Å². The Labute approximate surface area is 163 Å². The predicted octanol–water partition coefficient (Wildman–Crippen LogP) is 4.40. The number of benzene rings is 1. The Hall–Kier alpha value is -2.08. The molecule has 0 saturated carbocycles. The van der Waals surface area contributed by atoms with Crippen LogP contribution in [-0.2, 0) is 10.3 Å². The highest BCUT2D eigenvalue weighted by molar-refractivity contribution is 7.13. The van der Waals surface area contributed by atoms with Crippen molar-refractivity contribution in [1.82, 2.24) is 5.32 Å². The van der Waals surface area contributed by atoms with Crippen LogP contribution in [0.3, 0.4) is 0 Å². The Bertz CT molecular complexity index is 871. The van der Waals surface area contributed by atoms with E-state index in [0.29, 0.717) is 0 Å². The minimum atomic E-state index is -1.03. The lowest BCUT2D eigenvalue weighted by molar-refractivity contribution is -0.122. The van der Waals surface area contributed by atoms with Crippen LogP contribution in [0, 0.1) is 5.92 Å². The molecule has 1 aromatic heterocycles. The van der Waals surface area contributed by atoms with E-state index >= 15 is 0 Å². The van der Waals surface area contributed by atoms with Gasteiger partial charge in [0.1, 0.15) is 11.7 Å². The third kappa shape index (κ3) is 3.81. The lowest BCUT2D eigenvalue weighted by atomic mass is 9.84. The Balaban J connectivity index is 2.09. The van der Waals surface area contributed by atoms with Crippen molar-refractivity contribution < 1.29 is 9.18 Å². The number of thiophene rings is 1. The monoisotopic (exact) mass is 384 g/mol. The quantitative estimate of drug-likeness (QED) is 0.726. The molecule has 0 amide bonds. The molecular weight excluding hydrogens is 359 g/mol. The minimum Gasteiger partial charge on any atom is -0.316 e. The van der Waals surface area contributed by atoms with Crippen molar-refractivity contribution in [3.8, 4) is 0 Å². The van der Waals surface area contributed by atoms with E-state index in [-0.39, 0.29) is 17.9 Å². The van der Waals surface area contributed by atoms with Gasteiger partial charge in [-0.05, 0) is 43.2 Å². The van der Waals surface area contributed by atoms with Crippen molar-refractivity contribution in [1.29, 1.82) is 0 Å². The molecule has 0 spiro atoms. The molecule has 3 nitrogen and oxygen atoms in total. The second-order valence-electron chi connectivity index (χ2n) is 7.05. The van der Waals surface area contributed by atoms with Crippen LogP contribution in [0.15, 0.2) is 60.7 Å². The molecule has 1 heterocycles. The summed E-state index contributed by atoms with van der Waals surface area (Å²) in [6.07, 6.45) is 4.11. The molecule has 0 aliphatic heterocycles. The highest BCUT2D eigenvalue weighted by Gasteiger charge is 2.41. The molecule has 3 N–H and O–H groups in total. The molecule has 5 heteroatoms. The molecule has 27 heavy (non-hydrogen) atoms. The van der Waals surface area contributed by atoms with Crippen molar-refractivity contribution in [2.75, 3.05) is 0 Å². The summed E-state index contributed by atoms with van der Waals surface area (Å²) in [5.74, 6) is -0.155. The molecule has 0 radical (unpaired) electrons. The molecule has 142 valence electrons. The SMILES string of the molecule is CC(=O)C(NC(C)N)(c1ccccc1)c1ccc(C2=CC(F)C(C)C=C2)s1. The smallest absolute Gasteiger partial charge is 0.159 e. The number of Topliss-reactive ketones (excluding diaryl/α,β-unsaturated/α-hetero) is 1. The highest BCUT2D eigenvalue weighted by Crippen LogP contribution is 2.39. The van der Waals surface area contributed by atoms with Gasteiger partial charge in [0.05, 0.1) is 6.17 Å². The van der Waals surface area contributed by atoms with Gasteiger partial charge < -0.3 is 5.73 Å². The van der Waals surface area contributed by atoms with Crippen molar-refractivity contribution in [3.63, 3.8) is 0 Å². The topological polar surface area (TPSA) is 55.1 Å². The number of allylic oxidation sites excluding steroid dienone is 4. The summed E-state index contributed by atoms with van der Waals surface area (Å²) in [4.78, 5) is 14.7.